The Labute approximate surface area is 224 Å². The fraction of sp³-hybridized carbons (Fsp3) is 0.577. The second-order valence-electron chi connectivity index (χ2n) is 10.1. The standard InChI is InChI=1S/C26H34F5N7O/c1-3-17-13-19(38-11-9-37(2)10-12-38)5-6-21(17)35-24-34-16-20(26(29,30)31)22(36-24)32-7-4-8-33-23(39)18-14-25(27,28)15-18/h5-6,13,16,18H,3-4,7-12,14-15H2,1-2H3,(H,33,39)(H2,32,34,35,36). The van der Waals surface area contributed by atoms with E-state index in [2.05, 4.69) is 48.8 Å². The highest BCUT2D eigenvalue weighted by Gasteiger charge is 2.48. The van der Waals surface area contributed by atoms with Crippen molar-refractivity contribution < 1.29 is 26.7 Å². The minimum absolute atomic E-state index is 0.0201. The van der Waals surface area contributed by atoms with Crippen LogP contribution in [0, 0.1) is 5.92 Å². The second kappa shape index (κ2) is 11.9. The molecule has 0 bridgehead atoms. The lowest BCUT2D eigenvalue weighted by Crippen LogP contribution is -2.45. The summed E-state index contributed by atoms with van der Waals surface area (Å²) in [5.74, 6) is -4.33. The van der Waals surface area contributed by atoms with Crippen LogP contribution in [0.4, 0.5) is 45.1 Å². The molecule has 2 fully saturated rings. The van der Waals surface area contributed by atoms with Gasteiger partial charge in [-0.15, -0.1) is 0 Å². The smallest absolute Gasteiger partial charge is 0.369 e. The molecule has 13 heteroatoms. The second-order valence-corrected chi connectivity index (χ2v) is 10.1. The van der Waals surface area contributed by atoms with Gasteiger partial charge in [0.25, 0.3) is 0 Å². The first kappa shape index (κ1) is 28.8. The number of likely N-dealkylation sites (N-methyl/N-ethyl adjacent to an activating group) is 1. The summed E-state index contributed by atoms with van der Waals surface area (Å²) in [5, 5.41) is 8.29. The number of hydrogen-bond donors (Lipinski definition) is 3. The Bertz CT molecular complexity index is 1140. The molecule has 39 heavy (non-hydrogen) atoms. The molecule has 2 aromatic rings. The van der Waals surface area contributed by atoms with Crippen molar-refractivity contribution in [3.8, 4) is 0 Å². The van der Waals surface area contributed by atoms with Gasteiger partial charge in [0.2, 0.25) is 17.8 Å². The van der Waals surface area contributed by atoms with Gasteiger partial charge in [-0.05, 0) is 43.7 Å². The van der Waals surface area contributed by atoms with Gasteiger partial charge in [-0.2, -0.15) is 18.2 Å². The fourth-order valence-corrected chi connectivity index (χ4v) is 4.66. The van der Waals surface area contributed by atoms with Gasteiger partial charge in [-0.25, -0.2) is 13.8 Å². The Morgan fingerprint density at radius 3 is 2.49 bits per heavy atom. The molecule has 4 rings (SSSR count). The van der Waals surface area contributed by atoms with E-state index in [-0.39, 0.29) is 31.3 Å². The molecule has 2 heterocycles. The fourth-order valence-electron chi connectivity index (χ4n) is 4.66. The lowest BCUT2D eigenvalue weighted by Gasteiger charge is -2.34. The predicted octanol–water partition coefficient (Wildman–Crippen LogP) is 4.52. The van der Waals surface area contributed by atoms with Crippen LogP contribution in [-0.4, -0.2) is 73.0 Å². The van der Waals surface area contributed by atoms with E-state index in [0.29, 0.717) is 12.1 Å². The van der Waals surface area contributed by atoms with Gasteiger partial charge in [-0.1, -0.05) is 6.92 Å². The third kappa shape index (κ3) is 7.46. The maximum absolute atomic E-state index is 13.6. The monoisotopic (exact) mass is 555 g/mol. The number of carbonyl (C=O) groups is 1. The molecule has 1 aliphatic carbocycles. The first-order valence-electron chi connectivity index (χ1n) is 13.1. The molecule has 1 saturated carbocycles. The van der Waals surface area contributed by atoms with Crippen LogP contribution in [-0.2, 0) is 17.4 Å². The maximum atomic E-state index is 13.6. The zero-order valence-corrected chi connectivity index (χ0v) is 22.0. The Hall–Kier alpha value is -3.22. The van der Waals surface area contributed by atoms with E-state index in [0.717, 1.165) is 43.6 Å². The highest BCUT2D eigenvalue weighted by atomic mass is 19.4. The van der Waals surface area contributed by atoms with Crippen molar-refractivity contribution in [3.63, 3.8) is 0 Å². The number of rotatable bonds is 10. The highest BCUT2D eigenvalue weighted by Crippen LogP contribution is 2.42. The van der Waals surface area contributed by atoms with Crippen molar-refractivity contribution in [2.75, 3.05) is 61.8 Å². The summed E-state index contributed by atoms with van der Waals surface area (Å²) in [6.45, 7) is 6.02. The van der Waals surface area contributed by atoms with E-state index in [1.165, 1.54) is 0 Å². The number of piperazine rings is 1. The van der Waals surface area contributed by atoms with Crippen LogP contribution >= 0.6 is 0 Å². The molecule has 0 radical (unpaired) electrons. The molecular weight excluding hydrogens is 521 g/mol. The van der Waals surface area contributed by atoms with E-state index < -0.39 is 42.3 Å². The van der Waals surface area contributed by atoms with Gasteiger partial charge >= 0.3 is 6.18 Å². The first-order chi connectivity index (χ1) is 18.4. The Morgan fingerprint density at radius 1 is 1.13 bits per heavy atom. The lowest BCUT2D eigenvalue weighted by atomic mass is 9.81. The molecule has 8 nitrogen and oxygen atoms in total. The molecule has 2 aliphatic rings. The van der Waals surface area contributed by atoms with E-state index in [1.54, 1.807) is 0 Å². The summed E-state index contributed by atoms with van der Waals surface area (Å²) in [4.78, 5) is 24.4. The number of aromatic nitrogens is 2. The summed E-state index contributed by atoms with van der Waals surface area (Å²) in [7, 11) is 2.09. The topological polar surface area (TPSA) is 85.4 Å². The van der Waals surface area contributed by atoms with Gasteiger partial charge < -0.3 is 25.8 Å². The van der Waals surface area contributed by atoms with Crippen LogP contribution in [0.5, 0.6) is 0 Å². The Balaban J connectivity index is 1.38. The minimum atomic E-state index is -4.66. The summed E-state index contributed by atoms with van der Waals surface area (Å²) in [5.41, 5.74) is 1.80. The number of alkyl halides is 5. The van der Waals surface area contributed by atoms with Gasteiger partial charge in [-0.3, -0.25) is 4.79 Å². The summed E-state index contributed by atoms with van der Waals surface area (Å²) < 4.78 is 66.6. The average molecular weight is 556 g/mol. The SMILES string of the molecule is CCc1cc(N2CCN(C)CC2)ccc1Nc1ncc(C(F)(F)F)c(NCCCNC(=O)C2CC(F)(F)C2)n1. The van der Waals surface area contributed by atoms with E-state index in [1.807, 2.05) is 19.1 Å². The number of amides is 1. The summed E-state index contributed by atoms with van der Waals surface area (Å²) in [6, 6.07) is 5.95. The number of benzene rings is 1. The molecule has 1 aromatic heterocycles. The van der Waals surface area contributed by atoms with Gasteiger partial charge in [0, 0.05) is 75.6 Å². The van der Waals surface area contributed by atoms with E-state index in [9.17, 15) is 26.7 Å². The normalized spacial score (nSPS) is 18.0. The van der Waals surface area contributed by atoms with Crippen LogP contribution in [0.25, 0.3) is 0 Å². The van der Waals surface area contributed by atoms with Crippen molar-refractivity contribution >= 4 is 29.0 Å². The number of halogens is 5. The van der Waals surface area contributed by atoms with Crippen molar-refractivity contribution in [3.05, 3.63) is 35.5 Å². The molecule has 214 valence electrons. The van der Waals surface area contributed by atoms with Gasteiger partial charge in [0.05, 0.1) is 0 Å². The number of carbonyl (C=O) groups excluding carboxylic acids is 1. The predicted molar refractivity (Wildman–Crippen MR) is 140 cm³/mol. The van der Waals surface area contributed by atoms with Crippen molar-refractivity contribution in [2.24, 2.45) is 5.92 Å². The molecule has 0 atom stereocenters. The molecule has 0 unspecified atom stereocenters. The first-order valence-corrected chi connectivity index (χ1v) is 13.1. The molecule has 1 aromatic carbocycles. The number of aryl methyl sites for hydroxylation is 1. The molecule has 0 spiro atoms. The number of nitrogens with one attached hydrogen (secondary N) is 3. The Morgan fingerprint density at radius 2 is 1.85 bits per heavy atom. The Kier molecular flexibility index (Phi) is 8.77. The lowest BCUT2D eigenvalue weighted by molar-refractivity contribution is -0.150. The quantitative estimate of drug-likeness (QED) is 0.294. The van der Waals surface area contributed by atoms with Crippen LogP contribution in [0.1, 0.15) is 37.3 Å². The average Bonchev–Trinajstić information content (AvgIpc) is 2.87. The van der Waals surface area contributed by atoms with E-state index in [4.69, 9.17) is 0 Å². The summed E-state index contributed by atoms with van der Waals surface area (Å²) >= 11 is 0. The molecule has 1 saturated heterocycles. The zero-order valence-electron chi connectivity index (χ0n) is 22.0. The van der Waals surface area contributed by atoms with Crippen molar-refractivity contribution in [2.45, 2.75) is 44.7 Å². The largest absolute Gasteiger partial charge is 0.421 e. The number of nitrogens with zero attached hydrogens (tertiary/aromatic N) is 4. The van der Waals surface area contributed by atoms with Crippen LogP contribution in [0.3, 0.4) is 0 Å². The zero-order chi connectivity index (χ0) is 28.2. The number of anilines is 4. The molecular formula is C26H34F5N7O. The van der Waals surface area contributed by atoms with Crippen LogP contribution < -0.4 is 20.9 Å². The molecule has 1 amide bonds. The third-order valence-corrected chi connectivity index (χ3v) is 7.08. The molecule has 3 N–H and O–H groups in total. The molecule has 1 aliphatic heterocycles. The highest BCUT2D eigenvalue weighted by molar-refractivity contribution is 5.79. The van der Waals surface area contributed by atoms with Crippen LogP contribution in [0.2, 0.25) is 0 Å². The van der Waals surface area contributed by atoms with Gasteiger partial charge in [0.1, 0.15) is 11.4 Å². The minimum Gasteiger partial charge on any atom is -0.369 e. The van der Waals surface area contributed by atoms with Crippen molar-refractivity contribution in [1.29, 1.82) is 0 Å². The van der Waals surface area contributed by atoms with E-state index >= 15 is 0 Å². The third-order valence-electron chi connectivity index (χ3n) is 7.08. The number of hydrogen-bond acceptors (Lipinski definition) is 7. The maximum Gasteiger partial charge on any atom is 0.421 e. The summed E-state index contributed by atoms with van der Waals surface area (Å²) in [6.07, 6.45) is -3.88. The van der Waals surface area contributed by atoms with Gasteiger partial charge in [0.15, 0.2) is 0 Å². The van der Waals surface area contributed by atoms with Crippen LogP contribution in [0.15, 0.2) is 24.4 Å². The van der Waals surface area contributed by atoms with Crippen molar-refractivity contribution in [1.82, 2.24) is 20.2 Å².